The molecule has 0 aliphatic rings. The number of benzene rings is 1. The largest absolute Gasteiger partial charge is 0.522 e. The Morgan fingerprint density at radius 3 is 2.53 bits per heavy atom. The fourth-order valence-corrected chi connectivity index (χ4v) is 1.77. The summed E-state index contributed by atoms with van der Waals surface area (Å²) in [6, 6.07) is 5.55. The van der Waals surface area contributed by atoms with Crippen LogP contribution in [-0.4, -0.2) is 19.6 Å². The summed E-state index contributed by atoms with van der Waals surface area (Å²) in [5.41, 5.74) is 1.78. The average Bonchev–Trinajstić information content (AvgIpc) is 2.24. The lowest BCUT2D eigenvalue weighted by Gasteiger charge is -2.13. The Bertz CT molecular complexity index is 366. The molecule has 0 N–H and O–H groups in total. The minimum Gasteiger partial charge on any atom is -0.491 e. The van der Waals surface area contributed by atoms with Gasteiger partial charge in [0.1, 0.15) is 12.4 Å². The lowest BCUT2D eigenvalue weighted by Crippen LogP contribution is -2.18. The minimum absolute atomic E-state index is 0.135. The molecule has 6 heteroatoms. The summed E-state index contributed by atoms with van der Waals surface area (Å²) in [6.07, 6.45) is -4.60. The highest BCUT2D eigenvalue weighted by molar-refractivity contribution is 9.08. The predicted octanol–water partition coefficient (Wildman–Crippen LogP) is 3.81. The van der Waals surface area contributed by atoms with Gasteiger partial charge in [0.25, 0.3) is 0 Å². The van der Waals surface area contributed by atoms with Crippen molar-refractivity contribution in [3.8, 4) is 5.75 Å². The van der Waals surface area contributed by atoms with Crippen molar-refractivity contribution in [1.82, 2.24) is 0 Å². The molecular weight excluding hydrogens is 301 g/mol. The van der Waals surface area contributed by atoms with Crippen molar-refractivity contribution < 1.29 is 22.6 Å². The van der Waals surface area contributed by atoms with Gasteiger partial charge in [0.05, 0.1) is 6.61 Å². The first-order valence-electron chi connectivity index (χ1n) is 4.92. The van der Waals surface area contributed by atoms with Crippen LogP contribution in [0.2, 0.25) is 0 Å². The first-order chi connectivity index (χ1) is 7.94. The summed E-state index contributed by atoms with van der Waals surface area (Å²) >= 11 is 3.29. The number of rotatable bonds is 5. The number of hydrogen-bond acceptors (Lipinski definition) is 2. The lowest BCUT2D eigenvalue weighted by atomic mass is 10.1. The van der Waals surface area contributed by atoms with E-state index in [2.05, 4.69) is 20.7 Å². The molecule has 17 heavy (non-hydrogen) atoms. The number of para-hydroxylation sites is 1. The number of aryl methyl sites for hydroxylation is 1. The standard InChI is InChI=1S/C11H12BrF3O2/c1-8-3-2-4-9(7-12)10(8)16-5-6-17-11(13,14)15/h2-4H,5-7H2,1H3. The van der Waals surface area contributed by atoms with Crippen molar-refractivity contribution in [2.75, 3.05) is 13.2 Å². The van der Waals surface area contributed by atoms with E-state index in [4.69, 9.17) is 4.74 Å². The molecular formula is C11H12BrF3O2. The molecule has 2 nitrogen and oxygen atoms in total. The van der Waals surface area contributed by atoms with Crippen LogP contribution in [0.15, 0.2) is 18.2 Å². The average molecular weight is 313 g/mol. The Balaban J connectivity index is 2.52. The molecule has 0 saturated heterocycles. The Morgan fingerprint density at radius 1 is 1.24 bits per heavy atom. The van der Waals surface area contributed by atoms with Crippen LogP contribution in [0.5, 0.6) is 5.75 Å². The van der Waals surface area contributed by atoms with E-state index in [1.807, 2.05) is 25.1 Å². The van der Waals surface area contributed by atoms with Crippen molar-refractivity contribution in [1.29, 1.82) is 0 Å². The van der Waals surface area contributed by atoms with Gasteiger partial charge < -0.3 is 4.74 Å². The van der Waals surface area contributed by atoms with Crippen molar-refractivity contribution >= 4 is 15.9 Å². The fourth-order valence-electron chi connectivity index (χ4n) is 1.33. The maximum Gasteiger partial charge on any atom is 0.522 e. The minimum atomic E-state index is -4.60. The van der Waals surface area contributed by atoms with Crippen LogP contribution in [0.4, 0.5) is 13.2 Å². The second-order valence-corrected chi connectivity index (χ2v) is 3.90. The van der Waals surface area contributed by atoms with E-state index in [-0.39, 0.29) is 6.61 Å². The van der Waals surface area contributed by atoms with E-state index in [9.17, 15) is 13.2 Å². The molecule has 0 aliphatic carbocycles. The molecule has 1 aromatic carbocycles. The Morgan fingerprint density at radius 2 is 1.94 bits per heavy atom. The van der Waals surface area contributed by atoms with Gasteiger partial charge in [0.2, 0.25) is 0 Å². The Hall–Kier alpha value is -0.750. The highest BCUT2D eigenvalue weighted by atomic mass is 79.9. The third kappa shape index (κ3) is 4.95. The lowest BCUT2D eigenvalue weighted by molar-refractivity contribution is -0.325. The molecule has 0 atom stereocenters. The maximum atomic E-state index is 11.7. The molecule has 0 radical (unpaired) electrons. The predicted molar refractivity (Wildman–Crippen MR) is 61.3 cm³/mol. The molecule has 0 amide bonds. The maximum absolute atomic E-state index is 11.7. The quantitative estimate of drug-likeness (QED) is 0.608. The van der Waals surface area contributed by atoms with Gasteiger partial charge >= 0.3 is 6.36 Å². The first kappa shape index (κ1) is 14.3. The van der Waals surface area contributed by atoms with E-state index in [0.29, 0.717) is 11.1 Å². The highest BCUT2D eigenvalue weighted by Crippen LogP contribution is 2.25. The molecule has 1 rings (SSSR count). The monoisotopic (exact) mass is 312 g/mol. The molecule has 0 aromatic heterocycles. The second-order valence-electron chi connectivity index (χ2n) is 3.34. The number of halogens is 4. The summed E-state index contributed by atoms with van der Waals surface area (Å²) in [4.78, 5) is 0. The molecule has 0 aliphatic heterocycles. The molecule has 96 valence electrons. The van der Waals surface area contributed by atoms with Crippen molar-refractivity contribution in [2.24, 2.45) is 0 Å². The van der Waals surface area contributed by atoms with Crippen molar-refractivity contribution in [3.63, 3.8) is 0 Å². The normalized spacial score (nSPS) is 11.6. The van der Waals surface area contributed by atoms with E-state index in [1.165, 1.54) is 0 Å². The van der Waals surface area contributed by atoms with Crippen molar-refractivity contribution in [2.45, 2.75) is 18.6 Å². The van der Waals surface area contributed by atoms with Crippen LogP contribution in [0.1, 0.15) is 11.1 Å². The van der Waals surface area contributed by atoms with Gasteiger partial charge in [-0.25, -0.2) is 0 Å². The first-order valence-corrected chi connectivity index (χ1v) is 6.04. The summed E-state index contributed by atoms with van der Waals surface area (Å²) in [5.74, 6) is 0.607. The summed E-state index contributed by atoms with van der Waals surface area (Å²) in [5, 5.41) is 0.587. The van der Waals surface area contributed by atoms with E-state index >= 15 is 0 Å². The topological polar surface area (TPSA) is 18.5 Å². The summed E-state index contributed by atoms with van der Waals surface area (Å²) < 4.78 is 44.1. The Labute approximate surface area is 106 Å². The van der Waals surface area contributed by atoms with Crippen LogP contribution in [0, 0.1) is 6.92 Å². The van der Waals surface area contributed by atoms with Crippen molar-refractivity contribution in [3.05, 3.63) is 29.3 Å². The van der Waals surface area contributed by atoms with Gasteiger partial charge in [-0.05, 0) is 12.5 Å². The molecule has 0 unspecified atom stereocenters. The van der Waals surface area contributed by atoms with Gasteiger partial charge in [-0.3, -0.25) is 4.74 Å². The Kier molecular flexibility index (Phi) is 5.27. The zero-order valence-corrected chi connectivity index (χ0v) is 10.8. The van der Waals surface area contributed by atoms with Crippen LogP contribution in [0.25, 0.3) is 0 Å². The molecule has 0 spiro atoms. The zero-order valence-electron chi connectivity index (χ0n) is 9.18. The van der Waals surface area contributed by atoms with E-state index in [1.54, 1.807) is 0 Å². The molecule has 0 bridgehead atoms. The SMILES string of the molecule is Cc1cccc(CBr)c1OCCOC(F)(F)F. The van der Waals surface area contributed by atoms with Crippen LogP contribution in [-0.2, 0) is 10.1 Å². The molecule has 0 saturated carbocycles. The number of alkyl halides is 4. The second kappa shape index (κ2) is 6.26. The molecule has 0 heterocycles. The fraction of sp³-hybridized carbons (Fsp3) is 0.455. The van der Waals surface area contributed by atoms with Gasteiger partial charge in [0, 0.05) is 10.9 Å². The molecule has 1 aromatic rings. The van der Waals surface area contributed by atoms with Crippen LogP contribution in [0.3, 0.4) is 0 Å². The van der Waals surface area contributed by atoms with Crippen LogP contribution >= 0.6 is 15.9 Å². The third-order valence-corrected chi connectivity index (χ3v) is 2.64. The van der Waals surface area contributed by atoms with Gasteiger partial charge in [-0.1, -0.05) is 34.1 Å². The van der Waals surface area contributed by atoms with Gasteiger partial charge in [-0.15, -0.1) is 13.2 Å². The van der Waals surface area contributed by atoms with Crippen LogP contribution < -0.4 is 4.74 Å². The number of ether oxygens (including phenoxy) is 2. The summed E-state index contributed by atoms with van der Waals surface area (Å²) in [6.45, 7) is 1.19. The van der Waals surface area contributed by atoms with E-state index in [0.717, 1.165) is 11.1 Å². The third-order valence-electron chi connectivity index (χ3n) is 2.03. The van der Waals surface area contributed by atoms with Gasteiger partial charge in [0.15, 0.2) is 0 Å². The highest BCUT2D eigenvalue weighted by Gasteiger charge is 2.28. The van der Waals surface area contributed by atoms with E-state index < -0.39 is 13.0 Å². The smallest absolute Gasteiger partial charge is 0.491 e. The number of hydrogen-bond donors (Lipinski definition) is 0. The molecule has 0 fully saturated rings. The summed E-state index contributed by atoms with van der Waals surface area (Å²) in [7, 11) is 0. The van der Waals surface area contributed by atoms with Gasteiger partial charge in [-0.2, -0.15) is 0 Å². The zero-order chi connectivity index (χ0) is 12.9.